The summed E-state index contributed by atoms with van der Waals surface area (Å²) in [5.41, 5.74) is 12.9. The Bertz CT molecular complexity index is 639. The highest BCUT2D eigenvalue weighted by Gasteiger charge is 2.21. The van der Waals surface area contributed by atoms with Gasteiger partial charge in [-0.2, -0.15) is 0 Å². The monoisotopic (exact) mass is 325 g/mol. The van der Waals surface area contributed by atoms with E-state index in [1.54, 1.807) is 0 Å². The number of benzene rings is 1. The zero-order valence-electron chi connectivity index (χ0n) is 15.8. The molecule has 130 valence electrons. The van der Waals surface area contributed by atoms with Crippen LogP contribution in [0, 0.1) is 26.2 Å². The fraction of sp³-hybridized carbons (Fsp3) is 0.476. The lowest BCUT2D eigenvalue weighted by atomic mass is 9.92. The van der Waals surface area contributed by atoms with Crippen molar-refractivity contribution in [1.82, 2.24) is 9.88 Å². The van der Waals surface area contributed by atoms with E-state index in [4.69, 9.17) is 5.73 Å². The molecule has 0 atom stereocenters. The summed E-state index contributed by atoms with van der Waals surface area (Å²) >= 11 is 0. The number of hydrogen-bond acceptors (Lipinski definition) is 3. The largest absolute Gasteiger partial charge is 0.330 e. The maximum atomic E-state index is 5.98. The van der Waals surface area contributed by atoms with Crippen LogP contribution in [-0.2, 0) is 13.1 Å². The van der Waals surface area contributed by atoms with E-state index in [0.717, 1.165) is 19.6 Å². The lowest BCUT2D eigenvalue weighted by molar-refractivity contribution is 0.168. The summed E-state index contributed by atoms with van der Waals surface area (Å²) in [7, 11) is 0. The first kappa shape index (κ1) is 18.6. The molecule has 1 heterocycles. The molecule has 2 aromatic rings. The van der Waals surface area contributed by atoms with Crippen molar-refractivity contribution in [2.75, 3.05) is 13.1 Å². The summed E-state index contributed by atoms with van der Waals surface area (Å²) in [4.78, 5) is 6.63. The molecule has 2 rings (SSSR count). The third-order valence-electron chi connectivity index (χ3n) is 4.58. The molecule has 2 N–H and O–H groups in total. The van der Waals surface area contributed by atoms with Gasteiger partial charge in [-0.15, -0.1) is 0 Å². The van der Waals surface area contributed by atoms with Crippen molar-refractivity contribution in [3.63, 3.8) is 0 Å². The van der Waals surface area contributed by atoms with Crippen LogP contribution in [0.5, 0.6) is 0 Å². The van der Waals surface area contributed by atoms with Crippen molar-refractivity contribution in [2.24, 2.45) is 11.1 Å². The fourth-order valence-corrected chi connectivity index (χ4v) is 3.27. The number of nitrogens with zero attached hydrogens (tertiary/aromatic N) is 2. The third kappa shape index (κ3) is 5.15. The highest BCUT2D eigenvalue weighted by molar-refractivity contribution is 5.37. The summed E-state index contributed by atoms with van der Waals surface area (Å²) in [6.07, 6.45) is 3.73. The van der Waals surface area contributed by atoms with Gasteiger partial charge in [-0.1, -0.05) is 31.5 Å². The number of pyridine rings is 1. The SMILES string of the molecule is Cc1cc(C)c(CN(Cc2ccncc2)CC(C)(C)CN)c(C)c1. The molecular formula is C21H31N3. The quantitative estimate of drug-likeness (QED) is 0.837. The van der Waals surface area contributed by atoms with Crippen LogP contribution in [-0.4, -0.2) is 23.0 Å². The Hall–Kier alpha value is -1.71. The molecule has 0 aliphatic heterocycles. The van der Waals surface area contributed by atoms with Gasteiger partial charge in [0.15, 0.2) is 0 Å². The second-order valence-corrected chi connectivity index (χ2v) is 7.75. The van der Waals surface area contributed by atoms with Crippen LogP contribution in [0.25, 0.3) is 0 Å². The average Bonchev–Trinajstić information content (AvgIpc) is 2.51. The van der Waals surface area contributed by atoms with E-state index in [9.17, 15) is 0 Å². The zero-order valence-corrected chi connectivity index (χ0v) is 15.8. The first-order valence-corrected chi connectivity index (χ1v) is 8.69. The van der Waals surface area contributed by atoms with Crippen molar-refractivity contribution in [3.8, 4) is 0 Å². The molecular weight excluding hydrogens is 294 g/mol. The normalized spacial score (nSPS) is 12.0. The van der Waals surface area contributed by atoms with E-state index < -0.39 is 0 Å². The predicted molar refractivity (Wildman–Crippen MR) is 102 cm³/mol. The first-order valence-electron chi connectivity index (χ1n) is 8.69. The number of aromatic nitrogens is 1. The van der Waals surface area contributed by atoms with E-state index in [2.05, 4.69) is 68.8 Å². The standard InChI is InChI=1S/C21H31N3/c1-16-10-17(2)20(18(3)11-16)13-24(15-21(4,5)14-22)12-19-6-8-23-9-7-19/h6-11H,12-15,22H2,1-5H3. The summed E-state index contributed by atoms with van der Waals surface area (Å²) in [6, 6.07) is 8.75. The van der Waals surface area contributed by atoms with Gasteiger partial charge in [-0.05, 0) is 67.1 Å². The van der Waals surface area contributed by atoms with Crippen LogP contribution in [0.2, 0.25) is 0 Å². The van der Waals surface area contributed by atoms with Crippen molar-refractivity contribution in [2.45, 2.75) is 47.7 Å². The minimum Gasteiger partial charge on any atom is -0.330 e. The van der Waals surface area contributed by atoms with E-state index in [-0.39, 0.29) is 5.41 Å². The minimum atomic E-state index is 0.0968. The molecule has 3 nitrogen and oxygen atoms in total. The Morgan fingerprint density at radius 1 is 1.00 bits per heavy atom. The molecule has 3 heteroatoms. The van der Waals surface area contributed by atoms with E-state index in [1.165, 1.54) is 27.8 Å². The van der Waals surface area contributed by atoms with Gasteiger partial charge in [0.1, 0.15) is 0 Å². The third-order valence-corrected chi connectivity index (χ3v) is 4.58. The summed E-state index contributed by atoms with van der Waals surface area (Å²) in [6.45, 7) is 14.6. The predicted octanol–water partition coefficient (Wildman–Crippen LogP) is 3.99. The van der Waals surface area contributed by atoms with Crippen LogP contribution in [0.1, 0.15) is 41.7 Å². The van der Waals surface area contributed by atoms with Crippen molar-refractivity contribution < 1.29 is 0 Å². The van der Waals surface area contributed by atoms with Gasteiger partial charge >= 0.3 is 0 Å². The number of rotatable bonds is 7. The van der Waals surface area contributed by atoms with Crippen molar-refractivity contribution in [3.05, 3.63) is 64.5 Å². The molecule has 0 aliphatic carbocycles. The Morgan fingerprint density at radius 3 is 2.12 bits per heavy atom. The number of hydrogen-bond donors (Lipinski definition) is 1. The highest BCUT2D eigenvalue weighted by Crippen LogP contribution is 2.23. The molecule has 0 saturated carbocycles. The van der Waals surface area contributed by atoms with Gasteiger partial charge in [0.2, 0.25) is 0 Å². The molecule has 0 unspecified atom stereocenters. The second-order valence-electron chi connectivity index (χ2n) is 7.75. The van der Waals surface area contributed by atoms with Crippen LogP contribution >= 0.6 is 0 Å². The van der Waals surface area contributed by atoms with E-state index in [0.29, 0.717) is 6.54 Å². The van der Waals surface area contributed by atoms with Crippen LogP contribution in [0.3, 0.4) is 0 Å². The fourth-order valence-electron chi connectivity index (χ4n) is 3.27. The van der Waals surface area contributed by atoms with Crippen LogP contribution in [0.15, 0.2) is 36.7 Å². The Balaban J connectivity index is 2.25. The van der Waals surface area contributed by atoms with Crippen molar-refractivity contribution >= 4 is 0 Å². The Labute approximate surface area is 146 Å². The van der Waals surface area contributed by atoms with Gasteiger partial charge in [0.05, 0.1) is 0 Å². The topological polar surface area (TPSA) is 42.2 Å². The minimum absolute atomic E-state index is 0.0968. The van der Waals surface area contributed by atoms with Gasteiger partial charge in [0, 0.05) is 32.0 Å². The van der Waals surface area contributed by atoms with Crippen LogP contribution in [0.4, 0.5) is 0 Å². The molecule has 24 heavy (non-hydrogen) atoms. The zero-order chi connectivity index (χ0) is 17.7. The summed E-state index contributed by atoms with van der Waals surface area (Å²) < 4.78 is 0. The molecule has 0 amide bonds. The van der Waals surface area contributed by atoms with Gasteiger partial charge < -0.3 is 5.73 Å². The van der Waals surface area contributed by atoms with Crippen molar-refractivity contribution in [1.29, 1.82) is 0 Å². The van der Waals surface area contributed by atoms with Gasteiger partial charge in [0.25, 0.3) is 0 Å². The molecule has 0 fully saturated rings. The molecule has 1 aromatic carbocycles. The van der Waals surface area contributed by atoms with Gasteiger partial charge in [-0.3, -0.25) is 9.88 Å². The number of aryl methyl sites for hydroxylation is 3. The molecule has 0 saturated heterocycles. The molecule has 1 aromatic heterocycles. The molecule has 0 radical (unpaired) electrons. The maximum absolute atomic E-state index is 5.98. The smallest absolute Gasteiger partial charge is 0.0271 e. The summed E-state index contributed by atoms with van der Waals surface area (Å²) in [5, 5.41) is 0. The number of nitrogens with two attached hydrogens (primary N) is 1. The Morgan fingerprint density at radius 2 is 1.58 bits per heavy atom. The first-order chi connectivity index (χ1) is 11.3. The molecule has 0 aliphatic rings. The van der Waals surface area contributed by atoms with Crippen LogP contribution < -0.4 is 5.73 Å². The Kier molecular flexibility index (Phi) is 6.14. The lowest BCUT2D eigenvalue weighted by Crippen LogP contribution is -2.38. The van der Waals surface area contributed by atoms with E-state index >= 15 is 0 Å². The molecule has 0 bridgehead atoms. The maximum Gasteiger partial charge on any atom is 0.0271 e. The van der Waals surface area contributed by atoms with Gasteiger partial charge in [-0.25, -0.2) is 0 Å². The average molecular weight is 326 g/mol. The van der Waals surface area contributed by atoms with E-state index in [1.807, 2.05) is 12.4 Å². The molecule has 0 spiro atoms. The highest BCUT2D eigenvalue weighted by atomic mass is 15.1. The second kappa shape index (κ2) is 7.91. The lowest BCUT2D eigenvalue weighted by Gasteiger charge is -2.32. The summed E-state index contributed by atoms with van der Waals surface area (Å²) in [5.74, 6) is 0.